The molecule has 31 heavy (non-hydrogen) atoms. The van der Waals surface area contributed by atoms with Gasteiger partial charge >= 0.3 is 0 Å². The number of nitrogens with zero attached hydrogens (tertiary/aromatic N) is 1. The van der Waals surface area contributed by atoms with Gasteiger partial charge in [0.2, 0.25) is 0 Å². The van der Waals surface area contributed by atoms with Crippen molar-refractivity contribution in [2.45, 2.75) is 13.0 Å². The van der Waals surface area contributed by atoms with Crippen molar-refractivity contribution in [2.75, 3.05) is 20.8 Å². The maximum absolute atomic E-state index is 12.2. The minimum atomic E-state index is -0.173. The monoisotopic (exact) mass is 418 g/mol. The third kappa shape index (κ3) is 6.34. The highest BCUT2D eigenvalue weighted by Crippen LogP contribution is 2.31. The van der Waals surface area contributed by atoms with Gasteiger partial charge in [0.15, 0.2) is 6.61 Å². The van der Waals surface area contributed by atoms with Gasteiger partial charge in [0.1, 0.15) is 22.9 Å². The molecule has 1 atom stereocenters. The Balaban J connectivity index is 1.53. The van der Waals surface area contributed by atoms with Crippen LogP contribution in [0.25, 0.3) is 0 Å². The fraction of sp³-hybridized carbons (Fsp3) is 0.200. The Labute approximate surface area is 182 Å². The van der Waals surface area contributed by atoms with Crippen LogP contribution in [-0.4, -0.2) is 32.9 Å². The molecular formula is C25H26N2O4. The third-order valence-corrected chi connectivity index (χ3v) is 4.67. The predicted octanol–water partition coefficient (Wildman–Crippen LogP) is 4.71. The first-order valence-corrected chi connectivity index (χ1v) is 9.92. The molecule has 160 valence electrons. The minimum absolute atomic E-state index is 0.0480. The number of hydrogen-bond donors (Lipinski definition) is 1. The highest BCUT2D eigenvalue weighted by molar-refractivity contribution is 5.83. The molecule has 0 fully saturated rings. The first kappa shape index (κ1) is 21.9. The van der Waals surface area contributed by atoms with Crippen LogP contribution in [0.3, 0.4) is 0 Å². The number of nitrogens with one attached hydrogen (secondary N) is 1. The molecule has 0 aliphatic carbocycles. The zero-order valence-electron chi connectivity index (χ0n) is 17.9. The standard InChI is InChI=1S/C25H26N2O4/c1-18(20-7-5-4-6-8-20)27-25(28)17-31-21-11-9-19(10-12-21)16-26-23-14-13-22(29-2)15-24(23)30-3/h4-16,18H,17H2,1-3H3,(H,27,28)/t18-/m1/s1. The average Bonchev–Trinajstić information content (AvgIpc) is 2.82. The molecule has 3 aromatic rings. The summed E-state index contributed by atoms with van der Waals surface area (Å²) in [6.07, 6.45) is 1.74. The molecule has 0 aliphatic heterocycles. The summed E-state index contributed by atoms with van der Waals surface area (Å²) in [6.45, 7) is 1.90. The smallest absolute Gasteiger partial charge is 0.258 e. The molecule has 6 heteroatoms. The summed E-state index contributed by atoms with van der Waals surface area (Å²) in [5.41, 5.74) is 2.65. The van der Waals surface area contributed by atoms with Gasteiger partial charge in [-0.1, -0.05) is 30.3 Å². The summed E-state index contributed by atoms with van der Waals surface area (Å²) in [5, 5.41) is 2.93. The lowest BCUT2D eigenvalue weighted by Crippen LogP contribution is -2.31. The van der Waals surface area contributed by atoms with Crippen molar-refractivity contribution in [1.82, 2.24) is 5.32 Å². The fourth-order valence-corrected chi connectivity index (χ4v) is 2.94. The summed E-state index contributed by atoms with van der Waals surface area (Å²) in [4.78, 5) is 16.6. The highest BCUT2D eigenvalue weighted by Gasteiger charge is 2.09. The number of ether oxygens (including phenoxy) is 3. The molecule has 0 unspecified atom stereocenters. The lowest BCUT2D eigenvalue weighted by atomic mass is 10.1. The number of amides is 1. The van der Waals surface area contributed by atoms with Gasteiger partial charge in [-0.2, -0.15) is 0 Å². The Hall–Kier alpha value is -3.80. The van der Waals surface area contributed by atoms with Crippen LogP contribution in [0.2, 0.25) is 0 Å². The van der Waals surface area contributed by atoms with E-state index in [1.165, 1.54) is 0 Å². The summed E-state index contributed by atoms with van der Waals surface area (Å²) < 4.78 is 16.1. The zero-order chi connectivity index (χ0) is 22.1. The second-order valence-corrected chi connectivity index (χ2v) is 6.85. The van der Waals surface area contributed by atoms with Crippen molar-refractivity contribution < 1.29 is 19.0 Å². The van der Waals surface area contributed by atoms with Crippen molar-refractivity contribution in [1.29, 1.82) is 0 Å². The summed E-state index contributed by atoms with van der Waals surface area (Å²) >= 11 is 0. The SMILES string of the molecule is COc1ccc(N=Cc2ccc(OCC(=O)N[C@H](C)c3ccccc3)cc2)c(OC)c1. The molecular weight excluding hydrogens is 392 g/mol. The van der Waals surface area contributed by atoms with Crippen molar-refractivity contribution in [3.63, 3.8) is 0 Å². The summed E-state index contributed by atoms with van der Waals surface area (Å²) in [5.74, 6) is 1.78. The molecule has 0 saturated carbocycles. The lowest BCUT2D eigenvalue weighted by molar-refractivity contribution is -0.123. The summed E-state index contributed by atoms with van der Waals surface area (Å²) in [6, 6.07) is 22.5. The van der Waals surface area contributed by atoms with E-state index in [4.69, 9.17) is 14.2 Å². The minimum Gasteiger partial charge on any atom is -0.497 e. The van der Waals surface area contributed by atoms with Crippen molar-refractivity contribution in [2.24, 2.45) is 4.99 Å². The first-order chi connectivity index (χ1) is 15.1. The maximum atomic E-state index is 12.2. The number of carbonyl (C=O) groups excluding carboxylic acids is 1. The summed E-state index contributed by atoms with van der Waals surface area (Å²) in [7, 11) is 3.20. The van der Waals surface area contributed by atoms with Crippen molar-refractivity contribution in [3.8, 4) is 17.2 Å². The van der Waals surface area contributed by atoms with Gasteiger partial charge in [0.25, 0.3) is 5.91 Å². The quantitative estimate of drug-likeness (QED) is 0.511. The van der Waals surface area contributed by atoms with Gasteiger partial charge in [-0.05, 0) is 54.4 Å². The molecule has 0 radical (unpaired) electrons. The van der Waals surface area contributed by atoms with E-state index in [0.29, 0.717) is 22.9 Å². The number of rotatable bonds is 9. The van der Waals surface area contributed by atoms with Crippen LogP contribution >= 0.6 is 0 Å². The number of methoxy groups -OCH3 is 2. The Morgan fingerprint density at radius 2 is 1.68 bits per heavy atom. The first-order valence-electron chi connectivity index (χ1n) is 9.92. The van der Waals surface area contributed by atoms with Gasteiger partial charge in [0.05, 0.1) is 20.3 Å². The van der Waals surface area contributed by atoms with Crippen LogP contribution in [0.4, 0.5) is 5.69 Å². The highest BCUT2D eigenvalue weighted by atomic mass is 16.5. The second-order valence-electron chi connectivity index (χ2n) is 6.85. The van der Waals surface area contributed by atoms with E-state index in [9.17, 15) is 4.79 Å². The Kier molecular flexibility index (Phi) is 7.65. The van der Waals surface area contributed by atoms with E-state index in [1.807, 2.05) is 61.5 Å². The van der Waals surface area contributed by atoms with Gasteiger partial charge in [-0.15, -0.1) is 0 Å². The second kappa shape index (κ2) is 10.8. The average molecular weight is 418 g/mol. The Morgan fingerprint density at radius 1 is 0.968 bits per heavy atom. The van der Waals surface area contributed by atoms with E-state index in [2.05, 4.69) is 10.3 Å². The lowest BCUT2D eigenvalue weighted by Gasteiger charge is -2.14. The van der Waals surface area contributed by atoms with Crippen LogP contribution in [0.1, 0.15) is 24.1 Å². The van der Waals surface area contributed by atoms with E-state index in [1.54, 1.807) is 38.6 Å². The molecule has 0 aromatic heterocycles. The largest absolute Gasteiger partial charge is 0.497 e. The van der Waals surface area contributed by atoms with E-state index in [0.717, 1.165) is 11.1 Å². The molecule has 0 saturated heterocycles. The molecule has 1 N–H and O–H groups in total. The number of benzene rings is 3. The van der Waals surface area contributed by atoms with Gasteiger partial charge in [-0.3, -0.25) is 9.79 Å². The molecule has 0 heterocycles. The number of hydrogen-bond acceptors (Lipinski definition) is 5. The predicted molar refractivity (Wildman–Crippen MR) is 122 cm³/mol. The van der Waals surface area contributed by atoms with Crippen molar-refractivity contribution >= 4 is 17.8 Å². The molecule has 0 aliphatic rings. The number of aliphatic imine (C=N–C) groups is 1. The molecule has 3 rings (SSSR count). The van der Waals surface area contributed by atoms with E-state index >= 15 is 0 Å². The molecule has 3 aromatic carbocycles. The topological polar surface area (TPSA) is 69.2 Å². The van der Waals surface area contributed by atoms with Crippen LogP contribution in [0.15, 0.2) is 77.8 Å². The molecule has 0 bridgehead atoms. The van der Waals surface area contributed by atoms with Crippen LogP contribution in [-0.2, 0) is 4.79 Å². The van der Waals surface area contributed by atoms with Crippen LogP contribution < -0.4 is 19.5 Å². The van der Waals surface area contributed by atoms with Gasteiger partial charge < -0.3 is 19.5 Å². The van der Waals surface area contributed by atoms with Gasteiger partial charge in [0, 0.05) is 12.3 Å². The van der Waals surface area contributed by atoms with E-state index in [-0.39, 0.29) is 18.6 Å². The normalized spacial score (nSPS) is 11.7. The van der Waals surface area contributed by atoms with Crippen LogP contribution in [0, 0.1) is 0 Å². The Morgan fingerprint density at radius 3 is 2.35 bits per heavy atom. The van der Waals surface area contributed by atoms with E-state index < -0.39 is 0 Å². The zero-order valence-corrected chi connectivity index (χ0v) is 17.9. The fourth-order valence-electron chi connectivity index (χ4n) is 2.94. The molecule has 1 amide bonds. The number of carbonyl (C=O) groups is 1. The maximum Gasteiger partial charge on any atom is 0.258 e. The van der Waals surface area contributed by atoms with Crippen molar-refractivity contribution in [3.05, 3.63) is 83.9 Å². The Bertz CT molecular complexity index is 1020. The third-order valence-electron chi connectivity index (χ3n) is 4.67. The molecule has 6 nitrogen and oxygen atoms in total. The molecule has 0 spiro atoms. The van der Waals surface area contributed by atoms with Crippen LogP contribution in [0.5, 0.6) is 17.2 Å². The van der Waals surface area contributed by atoms with Gasteiger partial charge in [-0.25, -0.2) is 0 Å².